The van der Waals surface area contributed by atoms with Crippen molar-refractivity contribution < 1.29 is 27.5 Å². The second-order valence-corrected chi connectivity index (χ2v) is 6.58. The number of nitrogens with zero attached hydrogens (tertiary/aromatic N) is 2. The number of rotatable bonds is 3. The van der Waals surface area contributed by atoms with Gasteiger partial charge in [0.05, 0.1) is 23.7 Å². The molecule has 2 N–H and O–H groups in total. The molecule has 0 saturated carbocycles. The first-order valence-electron chi connectivity index (χ1n) is 8.56. The van der Waals surface area contributed by atoms with Gasteiger partial charge in [-0.2, -0.15) is 5.26 Å². The molecule has 1 atom stereocenters. The van der Waals surface area contributed by atoms with Gasteiger partial charge in [-0.25, -0.2) is 18.0 Å². The van der Waals surface area contributed by atoms with Crippen molar-refractivity contribution >= 4 is 17.6 Å². The molecule has 3 amide bonds. The fourth-order valence-corrected chi connectivity index (χ4v) is 3.41. The van der Waals surface area contributed by atoms with Crippen LogP contribution in [0.1, 0.15) is 22.7 Å². The molecular weight excluding hydrogens is 389 g/mol. The highest BCUT2D eigenvalue weighted by Gasteiger charge is 2.32. The summed E-state index contributed by atoms with van der Waals surface area (Å²) in [5, 5.41) is 14.2. The van der Waals surface area contributed by atoms with Crippen LogP contribution >= 0.6 is 0 Å². The predicted molar refractivity (Wildman–Crippen MR) is 93.3 cm³/mol. The normalized spacial score (nSPS) is 17.0. The first kappa shape index (κ1) is 18.6. The van der Waals surface area contributed by atoms with Crippen molar-refractivity contribution in [3.05, 3.63) is 58.4 Å². The van der Waals surface area contributed by atoms with Crippen LogP contribution in [0, 0.1) is 28.8 Å². The fraction of sp³-hybridized carbons (Fsp3) is 0.211. The van der Waals surface area contributed by atoms with Crippen LogP contribution in [0.4, 0.5) is 23.7 Å². The van der Waals surface area contributed by atoms with Crippen LogP contribution in [0.3, 0.4) is 0 Å². The average Bonchev–Trinajstić information content (AvgIpc) is 3.05. The number of amides is 3. The van der Waals surface area contributed by atoms with Crippen molar-refractivity contribution in [2.75, 3.05) is 18.5 Å². The number of urea groups is 1. The van der Waals surface area contributed by atoms with E-state index in [1.165, 1.54) is 6.07 Å². The fourth-order valence-electron chi connectivity index (χ4n) is 3.41. The Balaban J connectivity index is 1.49. The molecule has 2 aromatic carbocycles. The zero-order valence-electron chi connectivity index (χ0n) is 14.8. The predicted octanol–water partition coefficient (Wildman–Crippen LogP) is 2.57. The summed E-state index contributed by atoms with van der Waals surface area (Å²) in [6, 6.07) is 4.45. The van der Waals surface area contributed by atoms with Crippen LogP contribution < -0.4 is 15.4 Å². The van der Waals surface area contributed by atoms with Crippen molar-refractivity contribution in [1.82, 2.24) is 10.2 Å². The number of hydrogen-bond donors (Lipinski definition) is 2. The third kappa shape index (κ3) is 3.31. The van der Waals surface area contributed by atoms with Crippen LogP contribution in [0.25, 0.3) is 0 Å². The summed E-state index contributed by atoms with van der Waals surface area (Å²) in [7, 11) is 0. The Hall–Kier alpha value is -3.74. The molecule has 148 valence electrons. The van der Waals surface area contributed by atoms with Crippen molar-refractivity contribution in [1.29, 1.82) is 5.26 Å². The first-order chi connectivity index (χ1) is 13.9. The molecule has 2 aliphatic heterocycles. The number of ether oxygens (including phenoxy) is 1. The van der Waals surface area contributed by atoms with Crippen LogP contribution in [-0.4, -0.2) is 30.0 Å². The second-order valence-electron chi connectivity index (χ2n) is 6.58. The maximum absolute atomic E-state index is 14.0. The number of carbonyl (C=O) groups is 2. The van der Waals surface area contributed by atoms with Gasteiger partial charge >= 0.3 is 6.03 Å². The maximum Gasteiger partial charge on any atom is 0.322 e. The largest absolute Gasteiger partial charge is 0.490 e. The summed E-state index contributed by atoms with van der Waals surface area (Å²) in [6.45, 7) is -0.645. The van der Waals surface area contributed by atoms with Crippen LogP contribution in [0.5, 0.6) is 5.75 Å². The Morgan fingerprint density at radius 3 is 2.86 bits per heavy atom. The lowest BCUT2D eigenvalue weighted by molar-refractivity contribution is -0.122. The highest BCUT2D eigenvalue weighted by atomic mass is 19.1. The molecule has 7 nitrogen and oxygen atoms in total. The zero-order valence-corrected chi connectivity index (χ0v) is 14.8. The van der Waals surface area contributed by atoms with E-state index in [0.29, 0.717) is 11.8 Å². The molecule has 0 fully saturated rings. The second kappa shape index (κ2) is 7.01. The van der Waals surface area contributed by atoms with Gasteiger partial charge in [0, 0.05) is 23.4 Å². The first-order valence-corrected chi connectivity index (χ1v) is 8.56. The third-order valence-electron chi connectivity index (χ3n) is 4.73. The molecule has 2 aromatic rings. The van der Waals surface area contributed by atoms with E-state index >= 15 is 0 Å². The maximum atomic E-state index is 14.0. The van der Waals surface area contributed by atoms with Crippen LogP contribution in [0.15, 0.2) is 24.3 Å². The molecule has 2 heterocycles. The minimum atomic E-state index is -0.846. The molecule has 0 spiro atoms. The number of nitrogens with one attached hydrogen (secondary N) is 2. The Morgan fingerprint density at radius 2 is 2.10 bits per heavy atom. The third-order valence-corrected chi connectivity index (χ3v) is 4.73. The molecule has 0 radical (unpaired) electrons. The van der Waals surface area contributed by atoms with Gasteiger partial charge in [-0.3, -0.25) is 4.79 Å². The molecule has 4 rings (SSSR count). The molecule has 0 aromatic heterocycles. The summed E-state index contributed by atoms with van der Waals surface area (Å²) in [5.41, 5.74) is 0.375. The van der Waals surface area contributed by atoms with Gasteiger partial charge in [-0.1, -0.05) is 0 Å². The molecule has 29 heavy (non-hydrogen) atoms. The lowest BCUT2D eigenvalue weighted by atomic mass is 10.0. The van der Waals surface area contributed by atoms with E-state index in [-0.39, 0.29) is 35.6 Å². The molecular formula is C19H13F3N4O3. The number of hydrogen-bond acceptors (Lipinski definition) is 4. The van der Waals surface area contributed by atoms with E-state index < -0.39 is 42.0 Å². The van der Waals surface area contributed by atoms with Gasteiger partial charge in [0.25, 0.3) is 0 Å². The van der Waals surface area contributed by atoms with Crippen LogP contribution in [0.2, 0.25) is 0 Å². The number of halogens is 3. The summed E-state index contributed by atoms with van der Waals surface area (Å²) in [5.74, 6) is -2.98. The monoisotopic (exact) mass is 402 g/mol. The number of carbonyl (C=O) groups excluding carboxylic acids is 2. The highest BCUT2D eigenvalue weighted by molar-refractivity contribution is 5.95. The van der Waals surface area contributed by atoms with Crippen LogP contribution in [-0.2, 0) is 11.3 Å². The number of fused-ring (bicyclic) bond motifs is 2. The SMILES string of the molecule is N#Cc1c(F)ccc2c1CN(CC(=O)N[C@H]1COc3cc(F)cc(F)c31)C(=O)N2. The lowest BCUT2D eigenvalue weighted by Crippen LogP contribution is -2.45. The molecule has 0 unspecified atom stereocenters. The zero-order chi connectivity index (χ0) is 20.7. The molecule has 0 aliphatic carbocycles. The van der Waals surface area contributed by atoms with E-state index in [9.17, 15) is 22.8 Å². The van der Waals surface area contributed by atoms with E-state index in [2.05, 4.69) is 10.6 Å². The standard InChI is InChI=1S/C19H13F3N4O3/c20-9-3-13(22)18-15(8-29-16(18)4-9)24-17(27)7-26-6-11-10(5-23)12(21)1-2-14(11)25-19(26)28/h1-4,15H,6-8H2,(H,24,27)(H,25,28)/t15-/m0/s1. The molecule has 10 heteroatoms. The van der Waals surface area contributed by atoms with Gasteiger partial charge in [-0.05, 0) is 12.1 Å². The number of nitriles is 1. The van der Waals surface area contributed by atoms with Gasteiger partial charge in [0.1, 0.15) is 42.4 Å². The van der Waals surface area contributed by atoms with Gasteiger partial charge < -0.3 is 20.3 Å². The van der Waals surface area contributed by atoms with Crippen molar-refractivity contribution in [2.45, 2.75) is 12.6 Å². The number of anilines is 1. The van der Waals surface area contributed by atoms with Crippen molar-refractivity contribution in [2.24, 2.45) is 0 Å². The summed E-state index contributed by atoms with van der Waals surface area (Å²) >= 11 is 0. The van der Waals surface area contributed by atoms with E-state index in [1.54, 1.807) is 6.07 Å². The van der Waals surface area contributed by atoms with Gasteiger partial charge in [0.2, 0.25) is 5.91 Å². The van der Waals surface area contributed by atoms with Crippen molar-refractivity contribution in [3.63, 3.8) is 0 Å². The Morgan fingerprint density at radius 1 is 1.31 bits per heavy atom. The smallest absolute Gasteiger partial charge is 0.322 e. The topological polar surface area (TPSA) is 94.5 Å². The van der Waals surface area contributed by atoms with Gasteiger partial charge in [-0.15, -0.1) is 0 Å². The minimum Gasteiger partial charge on any atom is -0.490 e. The van der Waals surface area contributed by atoms with Crippen molar-refractivity contribution in [3.8, 4) is 11.8 Å². The van der Waals surface area contributed by atoms with E-state index in [1.807, 2.05) is 0 Å². The Bertz CT molecular complexity index is 1080. The minimum absolute atomic E-state index is 0.00609. The molecule has 0 bridgehead atoms. The average molecular weight is 402 g/mol. The van der Waals surface area contributed by atoms with E-state index in [4.69, 9.17) is 10.00 Å². The quantitative estimate of drug-likeness (QED) is 0.825. The molecule has 0 saturated heterocycles. The summed E-state index contributed by atoms with van der Waals surface area (Å²) < 4.78 is 46.4. The summed E-state index contributed by atoms with van der Waals surface area (Å²) in [6.07, 6.45) is 0. The van der Waals surface area contributed by atoms with E-state index in [0.717, 1.165) is 17.0 Å². The van der Waals surface area contributed by atoms with Gasteiger partial charge in [0.15, 0.2) is 0 Å². The Kier molecular flexibility index (Phi) is 4.50. The number of benzene rings is 2. The Labute approximate surface area is 162 Å². The lowest BCUT2D eigenvalue weighted by Gasteiger charge is -2.29. The molecule has 2 aliphatic rings. The highest BCUT2D eigenvalue weighted by Crippen LogP contribution is 2.35. The summed E-state index contributed by atoms with van der Waals surface area (Å²) in [4.78, 5) is 25.7.